The van der Waals surface area contributed by atoms with E-state index in [-0.39, 0.29) is 18.0 Å². The molecular weight excluding hydrogens is 280 g/mol. The van der Waals surface area contributed by atoms with Gasteiger partial charge in [0.25, 0.3) is 5.56 Å². The lowest BCUT2D eigenvalue weighted by molar-refractivity contribution is -0.128. The normalized spacial score (nSPS) is 16.2. The maximum atomic E-state index is 12.1. The van der Waals surface area contributed by atoms with Crippen LogP contribution < -0.4 is 10.9 Å². The second kappa shape index (κ2) is 6.69. The van der Waals surface area contributed by atoms with Crippen molar-refractivity contribution in [3.63, 3.8) is 0 Å². The average molecular weight is 308 g/mol. The zero-order chi connectivity index (χ0) is 16.3. The van der Waals surface area contributed by atoms with Gasteiger partial charge in [-0.25, -0.2) is 0 Å². The number of aromatic amines is 1. The van der Waals surface area contributed by atoms with Gasteiger partial charge in [0.2, 0.25) is 5.91 Å². The molecule has 0 spiro atoms. The van der Waals surface area contributed by atoms with Gasteiger partial charge in [0.1, 0.15) is 0 Å². The Balaban J connectivity index is 1.97. The van der Waals surface area contributed by atoms with E-state index in [2.05, 4.69) is 15.3 Å². The van der Waals surface area contributed by atoms with Crippen LogP contribution in [0.15, 0.2) is 4.79 Å². The van der Waals surface area contributed by atoms with Crippen LogP contribution in [0, 0.1) is 12.3 Å². The van der Waals surface area contributed by atoms with Crippen molar-refractivity contribution in [3.05, 3.63) is 21.6 Å². The molecular formula is C16H28N4O2. The van der Waals surface area contributed by atoms with Crippen LogP contribution in [-0.2, 0) is 17.9 Å². The Bertz CT molecular complexity index is 574. The smallest absolute Gasteiger partial charge is 0.269 e. The first-order chi connectivity index (χ1) is 10.3. The lowest BCUT2D eigenvalue weighted by atomic mass is 9.95. The number of carbonyl (C=O) groups is 1. The number of amides is 1. The van der Waals surface area contributed by atoms with Crippen LogP contribution in [0.5, 0.6) is 0 Å². The van der Waals surface area contributed by atoms with Crippen LogP contribution in [0.1, 0.15) is 44.9 Å². The lowest BCUT2D eigenvalue weighted by Gasteiger charge is -2.17. The average Bonchev–Trinajstić information content (AvgIpc) is 3.03. The van der Waals surface area contributed by atoms with Crippen molar-refractivity contribution in [3.8, 4) is 0 Å². The number of hydrogen-bond acceptors (Lipinski definition) is 3. The molecule has 1 saturated heterocycles. The summed E-state index contributed by atoms with van der Waals surface area (Å²) in [5, 5.41) is 5.73. The van der Waals surface area contributed by atoms with Gasteiger partial charge in [-0.05, 0) is 32.9 Å². The molecule has 0 saturated carbocycles. The van der Waals surface area contributed by atoms with E-state index >= 15 is 0 Å². The summed E-state index contributed by atoms with van der Waals surface area (Å²) in [6, 6.07) is 0. The summed E-state index contributed by atoms with van der Waals surface area (Å²) in [5.41, 5.74) is 1.02. The summed E-state index contributed by atoms with van der Waals surface area (Å²) in [6.07, 6.45) is 2.54. The fraction of sp³-hybridized carbons (Fsp3) is 0.750. The molecule has 1 amide bonds. The number of H-pyrrole nitrogens is 1. The number of nitrogens with one attached hydrogen (secondary N) is 2. The largest absolute Gasteiger partial charge is 0.351 e. The zero-order valence-electron chi connectivity index (χ0n) is 14.2. The summed E-state index contributed by atoms with van der Waals surface area (Å²) >= 11 is 0. The number of aromatic nitrogens is 2. The van der Waals surface area contributed by atoms with E-state index in [1.54, 1.807) is 0 Å². The molecule has 2 N–H and O–H groups in total. The molecule has 0 unspecified atom stereocenters. The Morgan fingerprint density at radius 3 is 2.45 bits per heavy atom. The topological polar surface area (TPSA) is 70.1 Å². The van der Waals surface area contributed by atoms with Gasteiger partial charge in [0.05, 0.1) is 18.7 Å². The van der Waals surface area contributed by atoms with E-state index in [0.717, 1.165) is 31.9 Å². The minimum atomic E-state index is -0.445. The molecule has 0 aromatic carbocycles. The van der Waals surface area contributed by atoms with Gasteiger partial charge in [0.15, 0.2) is 0 Å². The molecule has 2 rings (SSSR count). The molecule has 1 aromatic rings. The Morgan fingerprint density at radius 1 is 1.23 bits per heavy atom. The summed E-state index contributed by atoms with van der Waals surface area (Å²) in [7, 11) is 0. The summed E-state index contributed by atoms with van der Waals surface area (Å²) in [6.45, 7) is 11.8. The third-order valence-electron chi connectivity index (χ3n) is 4.30. The predicted octanol–water partition coefficient (Wildman–Crippen LogP) is 1.24. The van der Waals surface area contributed by atoms with E-state index < -0.39 is 5.41 Å². The van der Waals surface area contributed by atoms with Gasteiger partial charge in [-0.3, -0.25) is 19.4 Å². The minimum Gasteiger partial charge on any atom is -0.351 e. The predicted molar refractivity (Wildman–Crippen MR) is 86.8 cm³/mol. The lowest BCUT2D eigenvalue weighted by Crippen LogP contribution is -2.35. The van der Waals surface area contributed by atoms with Gasteiger partial charge < -0.3 is 10.2 Å². The van der Waals surface area contributed by atoms with E-state index in [9.17, 15) is 9.59 Å². The van der Waals surface area contributed by atoms with Gasteiger partial charge in [-0.15, -0.1) is 0 Å². The molecule has 22 heavy (non-hydrogen) atoms. The van der Waals surface area contributed by atoms with Crippen molar-refractivity contribution in [1.29, 1.82) is 0 Å². The van der Waals surface area contributed by atoms with Crippen molar-refractivity contribution >= 4 is 5.91 Å². The van der Waals surface area contributed by atoms with Gasteiger partial charge in [-0.1, -0.05) is 20.8 Å². The molecule has 0 bridgehead atoms. The van der Waals surface area contributed by atoms with E-state index in [1.807, 2.05) is 32.4 Å². The Hall–Kier alpha value is -1.56. The molecule has 0 atom stereocenters. The van der Waals surface area contributed by atoms with Crippen LogP contribution in [0.4, 0.5) is 0 Å². The first-order valence-corrected chi connectivity index (χ1v) is 8.08. The molecule has 2 heterocycles. The van der Waals surface area contributed by atoms with E-state index in [1.165, 1.54) is 12.8 Å². The van der Waals surface area contributed by atoms with Crippen LogP contribution in [0.2, 0.25) is 0 Å². The highest BCUT2D eigenvalue weighted by molar-refractivity contribution is 5.81. The number of likely N-dealkylation sites (tertiary alicyclic amines) is 1. The van der Waals surface area contributed by atoms with Crippen LogP contribution in [0.3, 0.4) is 0 Å². The van der Waals surface area contributed by atoms with E-state index in [4.69, 9.17) is 0 Å². The second-order valence-corrected chi connectivity index (χ2v) is 7.14. The highest BCUT2D eigenvalue weighted by atomic mass is 16.2. The van der Waals surface area contributed by atoms with Crippen molar-refractivity contribution in [2.75, 3.05) is 19.6 Å². The molecule has 1 aliphatic rings. The molecule has 6 nitrogen and oxygen atoms in total. The maximum Gasteiger partial charge on any atom is 0.269 e. The Kier molecular flexibility index (Phi) is 5.11. The molecule has 124 valence electrons. The number of hydrogen-bond donors (Lipinski definition) is 2. The summed E-state index contributed by atoms with van der Waals surface area (Å²) < 4.78 is 1.90. The van der Waals surface area contributed by atoms with Gasteiger partial charge >= 0.3 is 0 Å². The van der Waals surface area contributed by atoms with Gasteiger partial charge in [0, 0.05) is 17.7 Å². The standard InChI is InChI=1S/C16H28N4O2/c1-12-13(11-17-15(22)16(2,3)4)14(21)18-20(12)10-9-19-7-5-6-8-19/h5-11H2,1-4H3,(H,17,22)(H,18,21). The highest BCUT2D eigenvalue weighted by Crippen LogP contribution is 2.13. The summed E-state index contributed by atoms with van der Waals surface area (Å²) in [5.74, 6) is -0.0453. The summed E-state index contributed by atoms with van der Waals surface area (Å²) in [4.78, 5) is 26.4. The third kappa shape index (κ3) is 4.00. The number of carbonyl (C=O) groups excluding carboxylic acids is 1. The van der Waals surface area contributed by atoms with Crippen LogP contribution in [0.25, 0.3) is 0 Å². The fourth-order valence-corrected chi connectivity index (χ4v) is 2.71. The van der Waals surface area contributed by atoms with Crippen LogP contribution in [-0.4, -0.2) is 40.2 Å². The second-order valence-electron chi connectivity index (χ2n) is 7.14. The molecule has 0 radical (unpaired) electrons. The molecule has 1 aliphatic heterocycles. The molecule has 1 fully saturated rings. The highest BCUT2D eigenvalue weighted by Gasteiger charge is 2.22. The number of nitrogens with zero attached hydrogens (tertiary/aromatic N) is 2. The van der Waals surface area contributed by atoms with Crippen molar-refractivity contribution in [1.82, 2.24) is 20.0 Å². The fourth-order valence-electron chi connectivity index (χ4n) is 2.71. The molecule has 6 heteroatoms. The SMILES string of the molecule is Cc1c(CNC(=O)C(C)(C)C)c(=O)[nH]n1CCN1CCCC1. The number of rotatable bonds is 5. The van der Waals surface area contributed by atoms with Crippen LogP contribution >= 0.6 is 0 Å². The van der Waals surface area contributed by atoms with Crippen molar-refractivity contribution < 1.29 is 4.79 Å². The van der Waals surface area contributed by atoms with Crippen molar-refractivity contribution in [2.45, 2.75) is 53.6 Å². The maximum absolute atomic E-state index is 12.1. The first-order valence-electron chi connectivity index (χ1n) is 8.08. The quantitative estimate of drug-likeness (QED) is 0.860. The zero-order valence-corrected chi connectivity index (χ0v) is 14.2. The molecule has 1 aromatic heterocycles. The van der Waals surface area contributed by atoms with Gasteiger partial charge in [-0.2, -0.15) is 0 Å². The molecule has 0 aliphatic carbocycles. The monoisotopic (exact) mass is 308 g/mol. The Labute approximate surface area is 131 Å². The first kappa shape index (κ1) is 16.8. The third-order valence-corrected chi connectivity index (χ3v) is 4.30. The Morgan fingerprint density at radius 2 is 1.86 bits per heavy atom. The minimum absolute atomic E-state index is 0.0453. The van der Waals surface area contributed by atoms with E-state index in [0.29, 0.717) is 5.56 Å². The van der Waals surface area contributed by atoms with Crippen molar-refractivity contribution in [2.24, 2.45) is 5.41 Å².